The molecule has 0 aromatic heterocycles. The Morgan fingerprint density at radius 2 is 1.71 bits per heavy atom. The molecule has 4 aromatic carbocycles. The van der Waals surface area contributed by atoms with Gasteiger partial charge in [-0.1, -0.05) is 42.5 Å². The minimum Gasteiger partial charge on any atom is -0.496 e. The Morgan fingerprint density at radius 3 is 2.35 bits per heavy atom. The van der Waals surface area contributed by atoms with Crippen molar-refractivity contribution in [1.82, 2.24) is 10.2 Å². The summed E-state index contributed by atoms with van der Waals surface area (Å²) in [6.45, 7) is 8.09. The van der Waals surface area contributed by atoms with Gasteiger partial charge in [-0.2, -0.15) is 5.26 Å². The van der Waals surface area contributed by atoms with Crippen LogP contribution >= 0.6 is 0 Å². The number of amides is 4. The van der Waals surface area contributed by atoms with Crippen molar-refractivity contribution in [3.63, 3.8) is 0 Å². The number of anilines is 2. The van der Waals surface area contributed by atoms with Gasteiger partial charge < -0.3 is 29.7 Å². The van der Waals surface area contributed by atoms with Crippen LogP contribution in [0.5, 0.6) is 5.75 Å². The van der Waals surface area contributed by atoms with Crippen molar-refractivity contribution in [3.05, 3.63) is 101 Å². The van der Waals surface area contributed by atoms with Gasteiger partial charge >= 0.3 is 6.09 Å². The second-order valence-corrected chi connectivity index (χ2v) is 13.7. The quantitative estimate of drug-likeness (QED) is 0.243. The van der Waals surface area contributed by atoms with Gasteiger partial charge in [0.15, 0.2) is 0 Å². The van der Waals surface area contributed by atoms with Crippen LogP contribution < -0.4 is 19.9 Å². The number of nitriles is 1. The Kier molecular flexibility index (Phi) is 10.9. The lowest BCUT2D eigenvalue weighted by atomic mass is 10.0. The lowest BCUT2D eigenvalue weighted by Crippen LogP contribution is -2.60. The van der Waals surface area contributed by atoms with Crippen LogP contribution in [0.3, 0.4) is 0 Å². The monoisotopic (exact) mass is 705 g/mol. The summed E-state index contributed by atoms with van der Waals surface area (Å²) in [6, 6.07) is 21.3. The molecule has 0 bridgehead atoms. The number of hydrogen-bond donors (Lipinski definition) is 2. The normalized spacial score (nSPS) is 16.3. The number of benzene rings is 4. The fraction of sp³-hybridized carbons (Fsp3) is 0.325. The molecule has 0 saturated carbocycles. The molecular formula is C40H43N5O7. The molecule has 0 radical (unpaired) electrons. The third-order valence-corrected chi connectivity index (χ3v) is 9.15. The SMILES string of the molecule is COc1ccc2ccccc2c1CN1C(=O)[C@@H](NC(=O)[C@H](C)N(C)C(=O)OC(C)(C)C)[C@H](C)N(C(=O)c2ccc(CO)cc2)c2cc(C#N)ccc21. The van der Waals surface area contributed by atoms with Crippen molar-refractivity contribution in [1.29, 1.82) is 5.26 Å². The number of rotatable bonds is 8. The van der Waals surface area contributed by atoms with Crippen molar-refractivity contribution in [2.24, 2.45) is 0 Å². The van der Waals surface area contributed by atoms with E-state index in [2.05, 4.69) is 11.4 Å². The first kappa shape index (κ1) is 37.3. The smallest absolute Gasteiger partial charge is 0.410 e. The van der Waals surface area contributed by atoms with E-state index in [-0.39, 0.29) is 30.0 Å². The molecule has 0 unspecified atom stereocenters. The minimum absolute atomic E-state index is 0.0120. The van der Waals surface area contributed by atoms with E-state index >= 15 is 0 Å². The highest BCUT2D eigenvalue weighted by atomic mass is 16.6. The number of carbonyl (C=O) groups is 4. The molecule has 0 fully saturated rings. The summed E-state index contributed by atoms with van der Waals surface area (Å²) in [4.78, 5) is 60.4. The second kappa shape index (κ2) is 15.1. The summed E-state index contributed by atoms with van der Waals surface area (Å²) < 4.78 is 11.2. The van der Waals surface area contributed by atoms with Gasteiger partial charge in [0.05, 0.1) is 49.3 Å². The summed E-state index contributed by atoms with van der Waals surface area (Å²) in [7, 11) is 2.97. The topological polar surface area (TPSA) is 153 Å². The zero-order valence-electron chi connectivity index (χ0n) is 30.3. The predicted molar refractivity (Wildman–Crippen MR) is 197 cm³/mol. The molecule has 52 heavy (non-hydrogen) atoms. The zero-order chi connectivity index (χ0) is 37.9. The highest BCUT2D eigenvalue weighted by Gasteiger charge is 2.44. The van der Waals surface area contributed by atoms with E-state index in [1.54, 1.807) is 77.3 Å². The van der Waals surface area contributed by atoms with Crippen molar-refractivity contribution >= 4 is 46.0 Å². The van der Waals surface area contributed by atoms with E-state index in [9.17, 15) is 29.5 Å². The maximum Gasteiger partial charge on any atom is 0.410 e. The Hall–Kier alpha value is -5.93. The summed E-state index contributed by atoms with van der Waals surface area (Å²) >= 11 is 0. The fourth-order valence-corrected chi connectivity index (χ4v) is 6.18. The van der Waals surface area contributed by atoms with Crippen LogP contribution in [0.25, 0.3) is 10.8 Å². The van der Waals surface area contributed by atoms with Gasteiger partial charge in [-0.15, -0.1) is 0 Å². The molecule has 3 atom stereocenters. The molecule has 0 spiro atoms. The largest absolute Gasteiger partial charge is 0.496 e. The zero-order valence-corrected chi connectivity index (χ0v) is 30.3. The van der Waals surface area contributed by atoms with Gasteiger partial charge in [-0.3, -0.25) is 19.3 Å². The van der Waals surface area contributed by atoms with E-state index in [1.165, 1.54) is 23.8 Å². The molecule has 0 aliphatic carbocycles. The van der Waals surface area contributed by atoms with Gasteiger partial charge in [-0.25, -0.2) is 4.79 Å². The molecule has 4 amide bonds. The van der Waals surface area contributed by atoms with Gasteiger partial charge in [0.2, 0.25) is 5.91 Å². The number of fused-ring (bicyclic) bond motifs is 2. The summed E-state index contributed by atoms with van der Waals surface area (Å²) in [5, 5.41) is 24.2. The van der Waals surface area contributed by atoms with E-state index in [0.717, 1.165) is 15.7 Å². The van der Waals surface area contributed by atoms with E-state index < -0.39 is 47.5 Å². The molecule has 0 saturated heterocycles. The Balaban J connectivity index is 1.67. The van der Waals surface area contributed by atoms with Gasteiger partial charge in [0.1, 0.15) is 23.4 Å². The van der Waals surface area contributed by atoms with Gasteiger partial charge in [0.25, 0.3) is 11.8 Å². The number of nitrogens with zero attached hydrogens (tertiary/aromatic N) is 4. The van der Waals surface area contributed by atoms with Crippen LogP contribution in [-0.4, -0.2) is 71.7 Å². The lowest BCUT2D eigenvalue weighted by Gasteiger charge is -2.34. The standard InChI is InChI=1S/C40H43N5O7/c1-24-35(42-36(47)25(2)43(6)39(50)52-40(3,4)5)38(49)44(22-31-30-11-9-8-10-28(30)17-19-34(31)51-7)32-18-14-27(21-41)20-33(32)45(24)37(48)29-15-12-26(23-46)13-16-29/h8-20,24-25,35,46H,22-23H2,1-7H3,(H,42,47)/t24-,25-,35-/m0/s1. The molecule has 1 aliphatic rings. The number of hydrogen-bond acceptors (Lipinski definition) is 8. The van der Waals surface area contributed by atoms with E-state index in [1.807, 2.05) is 36.4 Å². The molecule has 5 rings (SSSR count). The van der Waals surface area contributed by atoms with Crippen molar-refractivity contribution < 1.29 is 33.8 Å². The number of aliphatic hydroxyl groups excluding tert-OH is 1. The molecule has 270 valence electrons. The van der Waals surface area contributed by atoms with Crippen LogP contribution in [0.2, 0.25) is 0 Å². The summed E-state index contributed by atoms with van der Waals surface area (Å²) in [6.07, 6.45) is -0.723. The third-order valence-electron chi connectivity index (χ3n) is 9.15. The third kappa shape index (κ3) is 7.55. The number of ether oxygens (including phenoxy) is 2. The first-order valence-corrected chi connectivity index (χ1v) is 16.9. The average Bonchev–Trinajstić information content (AvgIpc) is 3.21. The van der Waals surface area contributed by atoms with Crippen molar-refractivity contribution in [3.8, 4) is 11.8 Å². The first-order chi connectivity index (χ1) is 24.7. The molecule has 1 heterocycles. The lowest BCUT2D eigenvalue weighted by molar-refractivity contribution is -0.130. The summed E-state index contributed by atoms with van der Waals surface area (Å²) in [5.41, 5.74) is 1.63. The first-order valence-electron chi connectivity index (χ1n) is 16.9. The number of nitrogens with one attached hydrogen (secondary N) is 1. The molecule has 12 heteroatoms. The molecular weight excluding hydrogens is 662 g/mol. The highest BCUT2D eigenvalue weighted by Crippen LogP contribution is 2.40. The van der Waals surface area contributed by atoms with Crippen LogP contribution in [0.1, 0.15) is 61.7 Å². The van der Waals surface area contributed by atoms with Crippen LogP contribution in [0.4, 0.5) is 16.2 Å². The Labute approximate surface area is 303 Å². The van der Waals surface area contributed by atoms with Crippen LogP contribution in [-0.2, 0) is 27.5 Å². The van der Waals surface area contributed by atoms with Crippen LogP contribution in [0.15, 0.2) is 78.9 Å². The molecule has 2 N–H and O–H groups in total. The molecule has 1 aliphatic heterocycles. The van der Waals surface area contributed by atoms with E-state index in [0.29, 0.717) is 22.6 Å². The maximum absolute atomic E-state index is 15.0. The molecule has 12 nitrogen and oxygen atoms in total. The number of aliphatic hydroxyl groups is 1. The van der Waals surface area contributed by atoms with Gasteiger partial charge in [0, 0.05) is 18.2 Å². The van der Waals surface area contributed by atoms with Gasteiger partial charge in [-0.05, 0) is 87.4 Å². The van der Waals surface area contributed by atoms with Crippen molar-refractivity contribution in [2.45, 2.75) is 71.5 Å². The Morgan fingerprint density at radius 1 is 1.02 bits per heavy atom. The minimum atomic E-state index is -1.32. The second-order valence-electron chi connectivity index (χ2n) is 13.7. The van der Waals surface area contributed by atoms with Crippen LogP contribution in [0, 0.1) is 11.3 Å². The number of likely N-dealkylation sites (N-methyl/N-ethyl adjacent to an activating group) is 1. The Bertz CT molecular complexity index is 2050. The van der Waals surface area contributed by atoms with E-state index in [4.69, 9.17) is 9.47 Å². The fourth-order valence-electron chi connectivity index (χ4n) is 6.18. The number of carbonyl (C=O) groups excluding carboxylic acids is 4. The summed E-state index contributed by atoms with van der Waals surface area (Å²) in [5.74, 6) is -1.14. The maximum atomic E-state index is 15.0. The predicted octanol–water partition coefficient (Wildman–Crippen LogP) is 5.53. The van der Waals surface area contributed by atoms with Crippen molar-refractivity contribution in [2.75, 3.05) is 24.0 Å². The highest BCUT2D eigenvalue weighted by molar-refractivity contribution is 6.13. The average molecular weight is 706 g/mol. The molecule has 4 aromatic rings. The number of methoxy groups -OCH3 is 1.